The third-order valence-corrected chi connectivity index (χ3v) is 4.38. The van der Waals surface area contributed by atoms with Crippen LogP contribution in [-0.2, 0) is 6.54 Å². The third-order valence-electron chi connectivity index (χ3n) is 4.38. The zero-order valence-corrected chi connectivity index (χ0v) is 16.0. The maximum atomic E-state index is 13.1. The number of carbonyl (C=O) groups is 1. The van der Waals surface area contributed by atoms with Crippen LogP contribution in [-0.4, -0.2) is 21.8 Å². The van der Waals surface area contributed by atoms with Crippen molar-refractivity contribution in [2.24, 2.45) is 0 Å². The van der Waals surface area contributed by atoms with E-state index in [1.54, 1.807) is 12.3 Å². The van der Waals surface area contributed by atoms with E-state index in [0.29, 0.717) is 17.9 Å². The number of aromatic nitrogens is 1. The number of hydrogen-bond donors (Lipinski definition) is 1. The molecule has 0 saturated carbocycles. The third kappa shape index (κ3) is 4.94. The van der Waals surface area contributed by atoms with E-state index in [1.165, 1.54) is 5.56 Å². The molecular formula is C23H25N3O. The lowest BCUT2D eigenvalue weighted by molar-refractivity contribution is 0.0690. The van der Waals surface area contributed by atoms with Crippen LogP contribution in [0.1, 0.15) is 35.3 Å². The minimum absolute atomic E-state index is 0.00328. The second-order valence-corrected chi connectivity index (χ2v) is 6.94. The summed E-state index contributed by atoms with van der Waals surface area (Å²) in [6, 6.07) is 21.8. The second kappa shape index (κ2) is 8.49. The van der Waals surface area contributed by atoms with Gasteiger partial charge in [0.2, 0.25) is 0 Å². The molecule has 1 N–H and O–H groups in total. The highest BCUT2D eigenvalue weighted by molar-refractivity contribution is 5.95. The average molecular weight is 359 g/mol. The number of anilines is 2. The van der Waals surface area contributed by atoms with Crippen LogP contribution in [0.25, 0.3) is 0 Å². The molecule has 0 aliphatic heterocycles. The SMILES string of the molecule is Cc1cccc(Nc2cc(C(=O)N(Cc3ccccc3)C(C)C)ccn2)c1. The molecule has 0 unspecified atom stereocenters. The number of benzene rings is 2. The topological polar surface area (TPSA) is 45.2 Å². The summed E-state index contributed by atoms with van der Waals surface area (Å²) in [5, 5.41) is 3.28. The van der Waals surface area contributed by atoms with Gasteiger partial charge in [0.25, 0.3) is 5.91 Å². The van der Waals surface area contributed by atoms with E-state index in [9.17, 15) is 4.79 Å². The summed E-state index contributed by atoms with van der Waals surface area (Å²) in [6.07, 6.45) is 1.67. The molecule has 1 amide bonds. The number of nitrogens with one attached hydrogen (secondary N) is 1. The van der Waals surface area contributed by atoms with Gasteiger partial charge in [0.1, 0.15) is 5.82 Å². The molecule has 0 radical (unpaired) electrons. The molecule has 3 aromatic rings. The molecule has 0 atom stereocenters. The van der Waals surface area contributed by atoms with E-state index >= 15 is 0 Å². The van der Waals surface area contributed by atoms with Crippen LogP contribution in [0, 0.1) is 6.92 Å². The van der Waals surface area contributed by atoms with Crippen molar-refractivity contribution < 1.29 is 4.79 Å². The van der Waals surface area contributed by atoms with Crippen LogP contribution in [0.2, 0.25) is 0 Å². The molecular weight excluding hydrogens is 334 g/mol. The largest absolute Gasteiger partial charge is 0.340 e. The van der Waals surface area contributed by atoms with Crippen LogP contribution >= 0.6 is 0 Å². The first kappa shape index (κ1) is 18.6. The molecule has 1 aromatic heterocycles. The van der Waals surface area contributed by atoms with Crippen LogP contribution in [0.15, 0.2) is 72.9 Å². The van der Waals surface area contributed by atoms with Gasteiger partial charge in [0.15, 0.2) is 0 Å². The second-order valence-electron chi connectivity index (χ2n) is 6.94. The Balaban J connectivity index is 1.80. The van der Waals surface area contributed by atoms with Crippen molar-refractivity contribution in [3.05, 3.63) is 89.6 Å². The molecule has 1 heterocycles. The summed E-state index contributed by atoms with van der Waals surface area (Å²) in [6.45, 7) is 6.70. The molecule has 27 heavy (non-hydrogen) atoms. The lowest BCUT2D eigenvalue weighted by Crippen LogP contribution is -2.36. The lowest BCUT2D eigenvalue weighted by atomic mass is 10.1. The van der Waals surface area contributed by atoms with Gasteiger partial charge in [-0.05, 0) is 56.2 Å². The first-order valence-electron chi connectivity index (χ1n) is 9.17. The van der Waals surface area contributed by atoms with Gasteiger partial charge in [-0.1, -0.05) is 42.5 Å². The maximum Gasteiger partial charge on any atom is 0.254 e. The highest BCUT2D eigenvalue weighted by atomic mass is 16.2. The normalized spacial score (nSPS) is 10.7. The quantitative estimate of drug-likeness (QED) is 0.659. The Morgan fingerprint density at radius 3 is 2.52 bits per heavy atom. The minimum Gasteiger partial charge on any atom is -0.340 e. The number of aryl methyl sites for hydroxylation is 1. The smallest absolute Gasteiger partial charge is 0.254 e. The number of nitrogens with zero attached hydrogens (tertiary/aromatic N) is 2. The first-order valence-corrected chi connectivity index (χ1v) is 9.17. The van der Waals surface area contributed by atoms with Crippen LogP contribution in [0.3, 0.4) is 0 Å². The van der Waals surface area contributed by atoms with Crippen molar-refractivity contribution in [3.63, 3.8) is 0 Å². The number of pyridine rings is 1. The molecule has 0 fully saturated rings. The molecule has 0 bridgehead atoms. The van der Waals surface area contributed by atoms with Crippen molar-refractivity contribution in [3.8, 4) is 0 Å². The predicted octanol–water partition coefficient (Wildman–Crippen LogP) is 5.18. The van der Waals surface area contributed by atoms with Crippen molar-refractivity contribution in [2.75, 3.05) is 5.32 Å². The van der Waals surface area contributed by atoms with Gasteiger partial charge >= 0.3 is 0 Å². The van der Waals surface area contributed by atoms with Gasteiger partial charge < -0.3 is 10.2 Å². The molecule has 0 saturated heterocycles. The van der Waals surface area contributed by atoms with E-state index in [2.05, 4.69) is 10.3 Å². The fourth-order valence-corrected chi connectivity index (χ4v) is 2.94. The zero-order chi connectivity index (χ0) is 19.2. The van der Waals surface area contributed by atoms with Gasteiger partial charge in [-0.15, -0.1) is 0 Å². The lowest BCUT2D eigenvalue weighted by Gasteiger charge is -2.27. The Morgan fingerprint density at radius 2 is 1.81 bits per heavy atom. The van der Waals surface area contributed by atoms with Gasteiger partial charge in [-0.2, -0.15) is 0 Å². The monoisotopic (exact) mass is 359 g/mol. The van der Waals surface area contributed by atoms with Gasteiger partial charge in [0, 0.05) is 30.0 Å². The van der Waals surface area contributed by atoms with Crippen molar-refractivity contribution in [1.29, 1.82) is 0 Å². The summed E-state index contributed by atoms with van der Waals surface area (Å²) in [4.78, 5) is 19.3. The van der Waals surface area contributed by atoms with Crippen molar-refractivity contribution in [1.82, 2.24) is 9.88 Å². The van der Waals surface area contributed by atoms with Crippen LogP contribution in [0.5, 0.6) is 0 Å². The maximum absolute atomic E-state index is 13.1. The number of rotatable bonds is 6. The molecule has 0 aliphatic rings. The van der Waals surface area contributed by atoms with E-state index in [-0.39, 0.29) is 11.9 Å². The van der Waals surface area contributed by atoms with E-state index in [1.807, 2.05) is 86.3 Å². The standard InChI is InChI=1S/C23H25N3O/c1-17(2)26(16-19-9-5-4-6-10-19)23(27)20-12-13-24-22(15-20)25-21-11-7-8-18(3)14-21/h4-15,17H,16H2,1-3H3,(H,24,25). The van der Waals surface area contributed by atoms with E-state index in [0.717, 1.165) is 11.3 Å². The Morgan fingerprint density at radius 1 is 1.04 bits per heavy atom. The molecule has 3 rings (SSSR count). The molecule has 0 aliphatic carbocycles. The predicted molar refractivity (Wildman–Crippen MR) is 110 cm³/mol. The molecule has 4 heteroatoms. The fourth-order valence-electron chi connectivity index (χ4n) is 2.94. The molecule has 2 aromatic carbocycles. The molecule has 0 spiro atoms. The fraction of sp³-hybridized carbons (Fsp3) is 0.217. The minimum atomic E-state index is 0.00328. The van der Waals surface area contributed by atoms with Gasteiger partial charge in [0.05, 0.1) is 0 Å². The summed E-state index contributed by atoms with van der Waals surface area (Å²) < 4.78 is 0. The summed E-state index contributed by atoms with van der Waals surface area (Å²) >= 11 is 0. The van der Waals surface area contributed by atoms with Crippen LogP contribution in [0.4, 0.5) is 11.5 Å². The van der Waals surface area contributed by atoms with E-state index in [4.69, 9.17) is 0 Å². The Kier molecular flexibility index (Phi) is 5.87. The summed E-state index contributed by atoms with van der Waals surface area (Å²) in [7, 11) is 0. The Hall–Kier alpha value is -3.14. The molecule has 138 valence electrons. The average Bonchev–Trinajstić information content (AvgIpc) is 2.66. The Labute approximate surface area is 160 Å². The summed E-state index contributed by atoms with van der Waals surface area (Å²) in [5.74, 6) is 0.665. The van der Waals surface area contributed by atoms with Gasteiger partial charge in [-0.3, -0.25) is 4.79 Å². The first-order chi connectivity index (χ1) is 13.0. The highest BCUT2D eigenvalue weighted by Crippen LogP contribution is 2.19. The number of carbonyl (C=O) groups excluding carboxylic acids is 1. The number of amides is 1. The van der Waals surface area contributed by atoms with E-state index < -0.39 is 0 Å². The highest BCUT2D eigenvalue weighted by Gasteiger charge is 2.19. The zero-order valence-electron chi connectivity index (χ0n) is 16.0. The van der Waals surface area contributed by atoms with Crippen molar-refractivity contribution >= 4 is 17.4 Å². The van der Waals surface area contributed by atoms with Crippen LogP contribution < -0.4 is 5.32 Å². The number of hydrogen-bond acceptors (Lipinski definition) is 3. The van der Waals surface area contributed by atoms with Gasteiger partial charge in [-0.25, -0.2) is 4.98 Å². The molecule has 4 nitrogen and oxygen atoms in total. The van der Waals surface area contributed by atoms with Crippen molar-refractivity contribution in [2.45, 2.75) is 33.4 Å². The summed E-state index contributed by atoms with van der Waals surface area (Å²) in [5.41, 5.74) is 3.87. The Bertz CT molecular complexity index is 906.